The van der Waals surface area contributed by atoms with Gasteiger partial charge in [0.15, 0.2) is 0 Å². The molecule has 3 aliphatic rings. The van der Waals surface area contributed by atoms with E-state index in [4.69, 9.17) is 4.74 Å². The number of benzene rings is 1. The zero-order chi connectivity index (χ0) is 16.7. The van der Waals surface area contributed by atoms with Crippen molar-refractivity contribution in [2.75, 3.05) is 27.2 Å². The fourth-order valence-electron chi connectivity index (χ4n) is 5.99. The summed E-state index contributed by atoms with van der Waals surface area (Å²) >= 11 is 0. The van der Waals surface area contributed by atoms with Gasteiger partial charge in [0.2, 0.25) is 0 Å². The molecule has 0 spiro atoms. The Hall–Kier alpha value is -1.02. The third-order valence-corrected chi connectivity index (χ3v) is 7.29. The summed E-state index contributed by atoms with van der Waals surface area (Å²) in [5, 5.41) is 0. The van der Waals surface area contributed by atoms with Crippen molar-refractivity contribution < 1.29 is 4.74 Å². The number of likely N-dealkylation sites (N-methyl/N-ethyl adjacent to an activating group) is 1. The van der Waals surface area contributed by atoms with Gasteiger partial charge >= 0.3 is 0 Å². The number of rotatable bonds is 4. The Balaban J connectivity index is 1.51. The van der Waals surface area contributed by atoms with Crippen molar-refractivity contribution in [3.05, 3.63) is 29.3 Å². The lowest BCUT2D eigenvalue weighted by Gasteiger charge is -2.49. The molecule has 2 nitrogen and oxygen atoms in total. The summed E-state index contributed by atoms with van der Waals surface area (Å²) in [5.74, 6) is 3.82. The van der Waals surface area contributed by atoms with Crippen molar-refractivity contribution in [3.8, 4) is 5.75 Å². The number of hydrogen-bond acceptors (Lipinski definition) is 2. The van der Waals surface area contributed by atoms with Crippen molar-refractivity contribution in [1.29, 1.82) is 0 Å². The van der Waals surface area contributed by atoms with Crippen molar-refractivity contribution in [1.82, 2.24) is 4.90 Å². The van der Waals surface area contributed by atoms with Crippen LogP contribution in [0.15, 0.2) is 18.2 Å². The SMILES string of the molecule is CN(C)CCOc1ccc2c(c1)CC[C@@H]1[C@@H]2CC[C@]2(C)CCC[C@@H]12. The monoisotopic (exact) mass is 327 g/mol. The van der Waals surface area contributed by atoms with Crippen molar-refractivity contribution in [2.24, 2.45) is 17.3 Å². The summed E-state index contributed by atoms with van der Waals surface area (Å²) in [7, 11) is 4.19. The molecule has 1 aromatic carbocycles. The summed E-state index contributed by atoms with van der Waals surface area (Å²) in [6.07, 6.45) is 9.94. The summed E-state index contributed by atoms with van der Waals surface area (Å²) in [4.78, 5) is 2.17. The van der Waals surface area contributed by atoms with E-state index in [1.807, 2.05) is 0 Å². The highest BCUT2D eigenvalue weighted by Crippen LogP contribution is 2.60. The summed E-state index contributed by atoms with van der Waals surface area (Å²) in [6, 6.07) is 6.96. The van der Waals surface area contributed by atoms with Gasteiger partial charge in [-0.2, -0.15) is 0 Å². The zero-order valence-electron chi connectivity index (χ0n) is 15.7. The van der Waals surface area contributed by atoms with Gasteiger partial charge in [0.25, 0.3) is 0 Å². The first kappa shape index (κ1) is 16.4. The van der Waals surface area contributed by atoms with Gasteiger partial charge in [-0.05, 0) is 99.0 Å². The molecule has 4 rings (SSSR count). The molecule has 0 bridgehead atoms. The largest absolute Gasteiger partial charge is 0.492 e. The van der Waals surface area contributed by atoms with E-state index in [2.05, 4.69) is 44.1 Å². The summed E-state index contributed by atoms with van der Waals surface area (Å²) < 4.78 is 5.96. The van der Waals surface area contributed by atoms with E-state index < -0.39 is 0 Å². The van der Waals surface area contributed by atoms with Gasteiger partial charge in [-0.1, -0.05) is 19.4 Å². The molecule has 0 N–H and O–H groups in total. The fourth-order valence-corrected chi connectivity index (χ4v) is 5.99. The molecule has 24 heavy (non-hydrogen) atoms. The van der Waals surface area contributed by atoms with Crippen molar-refractivity contribution in [3.63, 3.8) is 0 Å². The van der Waals surface area contributed by atoms with Gasteiger partial charge in [-0.15, -0.1) is 0 Å². The lowest BCUT2D eigenvalue weighted by molar-refractivity contribution is 0.0598. The third kappa shape index (κ3) is 2.87. The van der Waals surface area contributed by atoms with Crippen LogP contribution in [0.4, 0.5) is 0 Å². The Kier molecular flexibility index (Phi) is 4.36. The van der Waals surface area contributed by atoms with E-state index in [9.17, 15) is 0 Å². The Morgan fingerprint density at radius 1 is 1.17 bits per heavy atom. The number of nitrogens with zero attached hydrogens (tertiary/aromatic N) is 1. The maximum atomic E-state index is 5.96. The Morgan fingerprint density at radius 2 is 2.04 bits per heavy atom. The van der Waals surface area contributed by atoms with E-state index in [0.29, 0.717) is 5.41 Å². The van der Waals surface area contributed by atoms with Gasteiger partial charge < -0.3 is 9.64 Å². The molecule has 132 valence electrons. The van der Waals surface area contributed by atoms with Crippen LogP contribution in [0.3, 0.4) is 0 Å². The lowest BCUT2D eigenvalue weighted by atomic mass is 9.56. The van der Waals surface area contributed by atoms with Gasteiger partial charge in [0.1, 0.15) is 12.4 Å². The number of fused-ring (bicyclic) bond motifs is 5. The minimum absolute atomic E-state index is 0.661. The smallest absolute Gasteiger partial charge is 0.119 e. The summed E-state index contributed by atoms with van der Waals surface area (Å²) in [5.41, 5.74) is 3.88. The second kappa shape index (κ2) is 6.37. The quantitative estimate of drug-likeness (QED) is 0.782. The van der Waals surface area contributed by atoms with Crippen LogP contribution in [-0.4, -0.2) is 32.1 Å². The third-order valence-electron chi connectivity index (χ3n) is 7.29. The highest BCUT2D eigenvalue weighted by molar-refractivity contribution is 5.40. The van der Waals surface area contributed by atoms with E-state index in [1.54, 1.807) is 11.1 Å². The first-order valence-electron chi connectivity index (χ1n) is 9.97. The normalized spacial score (nSPS) is 34.6. The highest BCUT2D eigenvalue weighted by Gasteiger charge is 2.50. The molecule has 0 radical (unpaired) electrons. The van der Waals surface area contributed by atoms with Crippen LogP contribution in [0.2, 0.25) is 0 Å². The number of aryl methyl sites for hydroxylation is 1. The second-order valence-electron chi connectivity index (χ2n) is 9.01. The second-order valence-corrected chi connectivity index (χ2v) is 9.01. The molecule has 0 amide bonds. The predicted octanol–water partition coefficient (Wildman–Crippen LogP) is 4.87. The molecular weight excluding hydrogens is 294 g/mol. The molecule has 4 atom stereocenters. The maximum Gasteiger partial charge on any atom is 0.119 e. The van der Waals surface area contributed by atoms with Gasteiger partial charge in [-0.25, -0.2) is 0 Å². The minimum Gasteiger partial charge on any atom is -0.492 e. The van der Waals surface area contributed by atoms with Crippen LogP contribution in [0.1, 0.15) is 62.5 Å². The fraction of sp³-hybridized carbons (Fsp3) is 0.727. The Labute approximate surface area is 147 Å². The van der Waals surface area contributed by atoms with Crippen LogP contribution in [-0.2, 0) is 6.42 Å². The van der Waals surface area contributed by atoms with E-state index in [0.717, 1.165) is 36.7 Å². The predicted molar refractivity (Wildman–Crippen MR) is 99.7 cm³/mol. The molecule has 0 unspecified atom stereocenters. The molecule has 0 aliphatic heterocycles. The van der Waals surface area contributed by atoms with E-state index in [-0.39, 0.29) is 0 Å². The topological polar surface area (TPSA) is 12.5 Å². The number of ether oxygens (including phenoxy) is 1. The average Bonchev–Trinajstić information content (AvgIpc) is 2.96. The molecule has 0 heterocycles. The van der Waals surface area contributed by atoms with Gasteiger partial charge in [0, 0.05) is 6.54 Å². The van der Waals surface area contributed by atoms with Gasteiger partial charge in [0.05, 0.1) is 0 Å². The first-order chi connectivity index (χ1) is 11.6. The molecule has 1 aromatic rings. The maximum absolute atomic E-state index is 5.96. The molecule has 2 saturated carbocycles. The highest BCUT2D eigenvalue weighted by atomic mass is 16.5. The van der Waals surface area contributed by atoms with Gasteiger partial charge in [-0.3, -0.25) is 0 Å². The zero-order valence-corrected chi connectivity index (χ0v) is 15.7. The van der Waals surface area contributed by atoms with E-state index >= 15 is 0 Å². The van der Waals surface area contributed by atoms with Crippen LogP contribution in [0.25, 0.3) is 0 Å². The molecule has 2 heteroatoms. The van der Waals surface area contributed by atoms with Crippen LogP contribution < -0.4 is 4.74 Å². The minimum atomic E-state index is 0.661. The molecule has 0 aromatic heterocycles. The molecule has 0 saturated heterocycles. The Bertz CT molecular complexity index is 596. The van der Waals surface area contributed by atoms with Crippen LogP contribution in [0.5, 0.6) is 5.75 Å². The number of hydrogen-bond donors (Lipinski definition) is 0. The average molecular weight is 328 g/mol. The van der Waals surface area contributed by atoms with Crippen molar-refractivity contribution >= 4 is 0 Å². The molecule has 3 aliphatic carbocycles. The van der Waals surface area contributed by atoms with E-state index in [1.165, 1.54) is 44.9 Å². The Morgan fingerprint density at radius 3 is 2.88 bits per heavy atom. The lowest BCUT2D eigenvalue weighted by Crippen LogP contribution is -2.39. The summed E-state index contributed by atoms with van der Waals surface area (Å²) in [6.45, 7) is 4.33. The molecular formula is C22H33NO. The molecule has 2 fully saturated rings. The van der Waals surface area contributed by atoms with Crippen LogP contribution >= 0.6 is 0 Å². The van der Waals surface area contributed by atoms with Crippen LogP contribution in [0, 0.1) is 17.3 Å². The first-order valence-corrected chi connectivity index (χ1v) is 9.97. The van der Waals surface area contributed by atoms with Crippen molar-refractivity contribution in [2.45, 2.75) is 57.8 Å². The standard InChI is InChI=1S/C22H33NO/c1-22-11-4-5-21(22)20-8-6-16-15-17(24-14-13-23(2)3)7-9-18(16)19(20)10-12-22/h7,9,15,19-21H,4-6,8,10-14H2,1-3H3/t19-,20-,21+,22+/m1/s1.